The summed E-state index contributed by atoms with van der Waals surface area (Å²) < 4.78 is 0. The van der Waals surface area contributed by atoms with Crippen LogP contribution >= 0.6 is 8.58 Å². The Hall–Kier alpha value is 5.37. The molecule has 0 saturated heterocycles. The Morgan fingerprint density at radius 3 is 1.90 bits per heavy atom. The molecule has 0 spiro atoms. The van der Waals surface area contributed by atoms with Crippen LogP contribution in [0.2, 0.25) is 0 Å². The van der Waals surface area contributed by atoms with E-state index >= 15 is 0 Å². The smallest absolute Gasteiger partial charge is 0.358 e. The summed E-state index contributed by atoms with van der Waals surface area (Å²) in [6.07, 6.45) is 11.6. The van der Waals surface area contributed by atoms with Crippen molar-refractivity contribution in [1.29, 1.82) is 0 Å². The molecule has 108 valence electrons. The van der Waals surface area contributed by atoms with Gasteiger partial charge in [0, 0.05) is 138 Å². The number of hydrogen-bond donors (Lipinski definition) is 0. The Kier molecular flexibility index (Phi) is 37.5. The largest absolute Gasteiger partial charge is 2.00 e. The minimum Gasteiger partial charge on any atom is -0.358 e. The second-order valence-electron chi connectivity index (χ2n) is 5.31. The Bertz CT molecular complexity index is 198. The molecule has 0 amide bonds. The van der Waals surface area contributed by atoms with Gasteiger partial charge >= 0.3 is 17.1 Å². The third kappa shape index (κ3) is 11.2. The van der Waals surface area contributed by atoms with E-state index < -0.39 is 0 Å². The van der Waals surface area contributed by atoms with Crippen LogP contribution in [0.15, 0.2) is 0 Å². The van der Waals surface area contributed by atoms with Crippen LogP contribution in [0.3, 0.4) is 0 Å². The molecule has 0 aliphatic heterocycles. The van der Waals surface area contributed by atoms with Gasteiger partial charge < -0.3 is 7.43 Å². The first-order chi connectivity index (χ1) is 6.83. The SMILES string of the molecule is C[PH2+]C1[CH-]CCCC1C1CCCC1C.[CH3-].[Fe+2].[Y].[Y].[Y].[Y]. The minimum atomic E-state index is 0. The fraction of sp³-hybridized carbons (Fsp3) is 0.857. The van der Waals surface area contributed by atoms with Crippen molar-refractivity contribution < 1.29 is 148 Å². The van der Waals surface area contributed by atoms with Gasteiger partial charge in [0.25, 0.3) is 0 Å². The van der Waals surface area contributed by atoms with Crippen LogP contribution in [-0.2, 0) is 148 Å². The van der Waals surface area contributed by atoms with Crippen molar-refractivity contribution in [3.63, 3.8) is 0 Å². The molecule has 2 aliphatic carbocycles. The fourth-order valence-electron chi connectivity index (χ4n) is 3.72. The number of rotatable bonds is 2. The maximum atomic E-state index is 2.66. The monoisotopic (exact) mass is 639 g/mol. The van der Waals surface area contributed by atoms with Crippen LogP contribution in [0.1, 0.15) is 45.4 Å². The van der Waals surface area contributed by atoms with Crippen LogP contribution in [0.5, 0.6) is 0 Å². The van der Waals surface area contributed by atoms with Gasteiger partial charge in [-0.2, -0.15) is 6.42 Å². The van der Waals surface area contributed by atoms with Crippen LogP contribution in [0, 0.1) is 31.6 Å². The first-order valence-corrected chi connectivity index (χ1v) is 8.28. The van der Waals surface area contributed by atoms with Crippen molar-refractivity contribution in [1.82, 2.24) is 0 Å². The van der Waals surface area contributed by atoms with Gasteiger partial charge in [-0.1, -0.05) is 32.6 Å². The van der Waals surface area contributed by atoms with E-state index in [1.165, 1.54) is 38.5 Å². The maximum Gasteiger partial charge on any atom is 2.00 e. The summed E-state index contributed by atoms with van der Waals surface area (Å²) in [6.45, 7) is 4.95. The average molecular weight is 639 g/mol. The quantitative estimate of drug-likeness (QED) is 0.241. The van der Waals surface area contributed by atoms with Crippen molar-refractivity contribution in [3.8, 4) is 0 Å². The van der Waals surface area contributed by atoms with E-state index in [-0.39, 0.29) is 155 Å². The van der Waals surface area contributed by atoms with Gasteiger partial charge in [0.15, 0.2) is 0 Å². The van der Waals surface area contributed by atoms with Crippen LogP contribution in [0.4, 0.5) is 0 Å². The Labute approximate surface area is 241 Å². The van der Waals surface area contributed by atoms with Crippen molar-refractivity contribution in [3.05, 3.63) is 13.8 Å². The molecule has 2 rings (SSSR count). The molecule has 6 heteroatoms. The van der Waals surface area contributed by atoms with E-state index in [1.54, 1.807) is 0 Å². The van der Waals surface area contributed by atoms with Crippen molar-refractivity contribution in [2.45, 2.75) is 51.1 Å². The van der Waals surface area contributed by atoms with Crippen LogP contribution in [0.25, 0.3) is 0 Å². The standard InChI is InChI=1S/C13H24P.CH3.Fe.4Y/c1-10-6-5-8-11(10)12-7-3-4-9-13(12)14-2;;;;;;/h9-14H,3-8H2,1-2H3;1H3;;;;;/q2*-1;+2;;;;/p+1. The van der Waals surface area contributed by atoms with Crippen molar-refractivity contribution in [2.24, 2.45) is 17.8 Å². The molecule has 2 fully saturated rings. The van der Waals surface area contributed by atoms with E-state index in [1.807, 2.05) is 0 Å². The molecule has 0 aromatic heterocycles. The summed E-state index contributed by atoms with van der Waals surface area (Å²) in [5.41, 5.74) is 1.04. The van der Waals surface area contributed by atoms with Crippen molar-refractivity contribution in [2.75, 3.05) is 6.66 Å². The molecule has 0 aromatic carbocycles. The van der Waals surface area contributed by atoms with Crippen molar-refractivity contribution >= 4 is 8.58 Å². The predicted molar refractivity (Wildman–Crippen MR) is 74.0 cm³/mol. The molecule has 5 unspecified atom stereocenters. The molecule has 2 saturated carbocycles. The van der Waals surface area contributed by atoms with E-state index in [0.717, 1.165) is 23.4 Å². The van der Waals surface area contributed by atoms with Gasteiger partial charge in [-0.3, -0.25) is 6.42 Å². The van der Waals surface area contributed by atoms with E-state index in [0.29, 0.717) is 8.58 Å². The normalized spacial score (nSPS) is 31.5. The summed E-state index contributed by atoms with van der Waals surface area (Å²) in [6, 6.07) is 0. The van der Waals surface area contributed by atoms with E-state index in [2.05, 4.69) is 20.0 Å². The summed E-state index contributed by atoms with van der Waals surface area (Å²) in [5.74, 6) is 3.20. The Morgan fingerprint density at radius 1 is 0.900 bits per heavy atom. The summed E-state index contributed by atoms with van der Waals surface area (Å²) in [7, 11) is 0.678. The molecule has 0 nitrogen and oxygen atoms in total. The molecule has 0 N–H and O–H groups in total. The molecule has 0 aromatic rings. The zero-order valence-corrected chi connectivity index (χ0v) is 27.0. The first kappa shape index (κ1) is 36.3. The molecule has 5 atom stereocenters. The van der Waals surface area contributed by atoms with Gasteiger partial charge in [0.05, 0.1) is 0 Å². The molecule has 2 aliphatic rings. The number of hydrogen-bond acceptors (Lipinski definition) is 0. The van der Waals surface area contributed by atoms with Gasteiger partial charge in [-0.05, 0) is 38.4 Å². The zero-order valence-electron chi connectivity index (χ0n) is 13.4. The first-order valence-electron chi connectivity index (χ1n) is 6.45. The maximum absolute atomic E-state index is 2.66. The fourth-order valence-corrected chi connectivity index (χ4v) is 5.16. The van der Waals surface area contributed by atoms with Gasteiger partial charge in [0.1, 0.15) is 0 Å². The third-order valence-corrected chi connectivity index (χ3v) is 6.07. The predicted octanol–water partition coefficient (Wildman–Crippen LogP) is 4.27. The van der Waals surface area contributed by atoms with E-state index in [9.17, 15) is 0 Å². The molecule has 0 bridgehead atoms. The summed E-state index contributed by atoms with van der Waals surface area (Å²) in [4.78, 5) is 0. The topological polar surface area (TPSA) is 0 Å². The molecule has 0 heterocycles. The van der Waals surface area contributed by atoms with Crippen LogP contribution < -0.4 is 0 Å². The zero-order chi connectivity index (χ0) is 9.97. The molecule has 4 radical (unpaired) electrons. The summed E-state index contributed by atoms with van der Waals surface area (Å²) >= 11 is 0. The van der Waals surface area contributed by atoms with Gasteiger partial charge in [0.2, 0.25) is 0 Å². The Balaban J connectivity index is -0.000000125. The Morgan fingerprint density at radius 2 is 1.45 bits per heavy atom. The molecule has 20 heavy (non-hydrogen) atoms. The summed E-state index contributed by atoms with van der Waals surface area (Å²) in [5, 5.41) is 0. The minimum absolute atomic E-state index is 0. The van der Waals surface area contributed by atoms with Gasteiger partial charge in [-0.15, -0.1) is 0 Å². The van der Waals surface area contributed by atoms with E-state index in [4.69, 9.17) is 0 Å². The van der Waals surface area contributed by atoms with Crippen LogP contribution in [-0.4, -0.2) is 12.3 Å². The third-order valence-electron chi connectivity index (χ3n) is 4.54. The average Bonchev–Trinajstić information content (AvgIpc) is 2.64. The second kappa shape index (κ2) is 20.7. The molecular formula is C14H28FePY4+. The van der Waals surface area contributed by atoms with Gasteiger partial charge in [-0.25, -0.2) is 0 Å². The molecular weight excluding hydrogens is 611 g/mol. The second-order valence-corrected chi connectivity index (χ2v) is 6.75.